The minimum atomic E-state index is -5.18. The fraction of sp³-hybridized carbons (Fsp3) is 0.542. The van der Waals surface area contributed by atoms with Crippen molar-refractivity contribution in [1.82, 2.24) is 15.5 Å². The monoisotopic (exact) mass is 505 g/mol. The first-order valence-corrected chi connectivity index (χ1v) is 11.5. The number of nitrogens with one attached hydrogen (secondary N) is 3. The molecule has 1 saturated heterocycles. The van der Waals surface area contributed by atoms with Crippen molar-refractivity contribution >= 4 is 29.3 Å². The summed E-state index contributed by atoms with van der Waals surface area (Å²) in [4.78, 5) is 52.4. The molecule has 12 heteroatoms. The molecule has 2 aliphatic heterocycles. The van der Waals surface area contributed by atoms with E-state index in [4.69, 9.17) is 0 Å². The number of para-hydroxylation sites is 1. The van der Waals surface area contributed by atoms with Crippen LogP contribution >= 0.6 is 0 Å². The van der Waals surface area contributed by atoms with Gasteiger partial charge in [-0.1, -0.05) is 39.0 Å². The molecule has 2 fully saturated rings. The normalized spacial score (nSPS) is 25.0. The third kappa shape index (κ3) is 4.16. The summed E-state index contributed by atoms with van der Waals surface area (Å²) in [6.45, 7) is 4.39. The molecule has 1 aliphatic carbocycles. The van der Waals surface area contributed by atoms with Crippen LogP contribution in [0.15, 0.2) is 24.3 Å². The predicted octanol–water partition coefficient (Wildman–Crippen LogP) is 1.74. The Morgan fingerprint density at radius 1 is 1.19 bits per heavy atom. The van der Waals surface area contributed by atoms with Gasteiger partial charge < -0.3 is 20.9 Å². The molecule has 0 bridgehead atoms. The molecule has 1 aromatic rings. The number of carbonyl (C=O) groups is 4. The first-order chi connectivity index (χ1) is 16.6. The number of carbonyl (C=O) groups excluding carboxylic acids is 4. The van der Waals surface area contributed by atoms with Crippen LogP contribution in [-0.2, 0) is 24.6 Å². The second-order valence-corrected chi connectivity index (χ2v) is 10.7. The molecular formula is C24H26F3N5O4. The molecule has 4 rings (SSSR count). The standard InChI is InChI=1S/C24H26F3N5O4/c1-21(2,3)16(30-19(35)24(25,26)27)17(33)31-23(8-9-23)20(36)32-12-22(10-13(32)11-28)14-6-4-5-7-15(14)29-18(22)34/h4-7,13,16H,8-10,12H2,1-3H3,(H,29,34)(H,30,35)(H,31,33)/t13-,16+,22-/m0/s1. The van der Waals surface area contributed by atoms with E-state index in [2.05, 4.69) is 16.7 Å². The Morgan fingerprint density at radius 3 is 2.39 bits per heavy atom. The molecule has 1 saturated carbocycles. The summed E-state index contributed by atoms with van der Waals surface area (Å²) in [5.74, 6) is -4.09. The van der Waals surface area contributed by atoms with Crippen LogP contribution in [0, 0.1) is 16.7 Å². The largest absolute Gasteiger partial charge is 0.471 e. The summed E-state index contributed by atoms with van der Waals surface area (Å²) in [5, 5.41) is 16.8. The molecule has 0 unspecified atom stereocenters. The van der Waals surface area contributed by atoms with Crippen molar-refractivity contribution in [2.75, 3.05) is 11.9 Å². The molecule has 3 aliphatic rings. The highest BCUT2D eigenvalue weighted by Crippen LogP contribution is 2.48. The zero-order chi connectivity index (χ0) is 26.7. The highest BCUT2D eigenvalue weighted by atomic mass is 19.4. The zero-order valence-corrected chi connectivity index (χ0v) is 20.0. The number of anilines is 1. The molecule has 0 aromatic heterocycles. The van der Waals surface area contributed by atoms with Crippen molar-refractivity contribution in [3.63, 3.8) is 0 Å². The molecule has 1 spiro atoms. The fourth-order valence-electron chi connectivity index (χ4n) is 4.96. The van der Waals surface area contributed by atoms with Crippen LogP contribution in [-0.4, -0.2) is 58.9 Å². The molecule has 3 N–H and O–H groups in total. The zero-order valence-electron chi connectivity index (χ0n) is 20.0. The van der Waals surface area contributed by atoms with Gasteiger partial charge in [-0.15, -0.1) is 0 Å². The number of fused-ring (bicyclic) bond motifs is 2. The summed E-state index contributed by atoms with van der Waals surface area (Å²) in [5.41, 5.74) is -2.33. The molecule has 3 atom stereocenters. The lowest BCUT2D eigenvalue weighted by molar-refractivity contribution is -0.175. The van der Waals surface area contributed by atoms with Crippen molar-refractivity contribution in [2.45, 2.75) is 69.2 Å². The van der Waals surface area contributed by atoms with Crippen LogP contribution in [0.1, 0.15) is 45.6 Å². The maximum absolute atomic E-state index is 13.6. The van der Waals surface area contributed by atoms with E-state index in [1.54, 1.807) is 29.6 Å². The molecule has 192 valence electrons. The Morgan fingerprint density at radius 2 is 1.83 bits per heavy atom. The van der Waals surface area contributed by atoms with E-state index < -0.39 is 52.4 Å². The van der Waals surface area contributed by atoms with Gasteiger partial charge in [0.25, 0.3) is 0 Å². The first-order valence-electron chi connectivity index (χ1n) is 11.5. The number of benzene rings is 1. The second-order valence-electron chi connectivity index (χ2n) is 10.7. The van der Waals surface area contributed by atoms with Gasteiger partial charge in [-0.2, -0.15) is 18.4 Å². The minimum Gasteiger partial charge on any atom is -0.340 e. The number of hydrogen-bond donors (Lipinski definition) is 3. The summed E-state index contributed by atoms with van der Waals surface area (Å²) >= 11 is 0. The Kier molecular flexibility index (Phi) is 5.81. The van der Waals surface area contributed by atoms with Crippen LogP contribution < -0.4 is 16.0 Å². The third-order valence-electron chi connectivity index (χ3n) is 7.08. The smallest absolute Gasteiger partial charge is 0.340 e. The average Bonchev–Trinajstić information content (AvgIpc) is 3.37. The van der Waals surface area contributed by atoms with E-state index in [0.29, 0.717) is 11.3 Å². The topological polar surface area (TPSA) is 131 Å². The highest BCUT2D eigenvalue weighted by molar-refractivity contribution is 6.08. The van der Waals surface area contributed by atoms with Gasteiger partial charge in [0.15, 0.2) is 0 Å². The van der Waals surface area contributed by atoms with E-state index in [1.807, 2.05) is 0 Å². The first kappa shape index (κ1) is 25.5. The van der Waals surface area contributed by atoms with E-state index in [0.717, 1.165) is 0 Å². The lowest BCUT2D eigenvalue weighted by Crippen LogP contribution is -2.61. The third-order valence-corrected chi connectivity index (χ3v) is 7.08. The maximum atomic E-state index is 13.6. The Labute approximate surface area is 205 Å². The number of rotatable bonds is 4. The lowest BCUT2D eigenvalue weighted by Gasteiger charge is -2.33. The summed E-state index contributed by atoms with van der Waals surface area (Å²) in [6, 6.07) is 6.59. The van der Waals surface area contributed by atoms with Gasteiger partial charge in [0.2, 0.25) is 17.7 Å². The summed E-state index contributed by atoms with van der Waals surface area (Å²) in [6.07, 6.45) is -4.68. The number of hydrogen-bond acceptors (Lipinski definition) is 5. The number of alkyl halides is 3. The number of nitrogens with zero attached hydrogens (tertiary/aromatic N) is 2. The van der Waals surface area contributed by atoms with Crippen molar-refractivity contribution in [3.05, 3.63) is 29.8 Å². The van der Waals surface area contributed by atoms with Gasteiger partial charge in [-0.25, -0.2) is 0 Å². The quantitative estimate of drug-likeness (QED) is 0.574. The van der Waals surface area contributed by atoms with Gasteiger partial charge in [-0.05, 0) is 29.9 Å². The van der Waals surface area contributed by atoms with Crippen molar-refractivity contribution < 1.29 is 32.3 Å². The fourth-order valence-corrected chi connectivity index (χ4v) is 4.96. The van der Waals surface area contributed by atoms with E-state index in [1.165, 1.54) is 25.7 Å². The van der Waals surface area contributed by atoms with Gasteiger partial charge in [-0.3, -0.25) is 19.2 Å². The van der Waals surface area contributed by atoms with Crippen LogP contribution in [0.2, 0.25) is 0 Å². The van der Waals surface area contributed by atoms with Crippen LogP contribution in [0.3, 0.4) is 0 Å². The van der Waals surface area contributed by atoms with Gasteiger partial charge in [0, 0.05) is 18.7 Å². The Hall–Kier alpha value is -3.62. The van der Waals surface area contributed by atoms with Crippen molar-refractivity contribution in [2.24, 2.45) is 5.41 Å². The van der Waals surface area contributed by atoms with Gasteiger partial charge >= 0.3 is 12.1 Å². The molecule has 2 heterocycles. The second kappa shape index (κ2) is 8.21. The average molecular weight is 505 g/mol. The molecule has 4 amide bonds. The summed E-state index contributed by atoms with van der Waals surface area (Å²) < 4.78 is 38.5. The number of amides is 4. The predicted molar refractivity (Wildman–Crippen MR) is 120 cm³/mol. The number of likely N-dealkylation sites (tertiary alicyclic amines) is 1. The SMILES string of the molecule is CC(C)(C)[C@H](NC(=O)C(F)(F)F)C(=O)NC1(C(=O)N2C[C@]3(C[C@H]2C#N)C(=O)Nc2ccccc23)CC1. The molecule has 36 heavy (non-hydrogen) atoms. The highest BCUT2D eigenvalue weighted by Gasteiger charge is 2.61. The van der Waals surface area contributed by atoms with Crippen molar-refractivity contribution in [1.29, 1.82) is 5.26 Å². The van der Waals surface area contributed by atoms with Crippen LogP contribution in [0.5, 0.6) is 0 Å². The van der Waals surface area contributed by atoms with E-state index >= 15 is 0 Å². The molecular weight excluding hydrogens is 479 g/mol. The van der Waals surface area contributed by atoms with E-state index in [-0.39, 0.29) is 31.7 Å². The van der Waals surface area contributed by atoms with Gasteiger partial charge in [0.1, 0.15) is 17.6 Å². The molecule has 0 radical (unpaired) electrons. The Balaban J connectivity index is 1.56. The Bertz CT molecular complexity index is 1180. The lowest BCUT2D eigenvalue weighted by atomic mass is 9.80. The van der Waals surface area contributed by atoms with Crippen LogP contribution in [0.4, 0.5) is 18.9 Å². The number of halogens is 3. The minimum absolute atomic E-state index is 0.0714. The summed E-state index contributed by atoms with van der Waals surface area (Å²) in [7, 11) is 0. The molecule has 9 nitrogen and oxygen atoms in total. The van der Waals surface area contributed by atoms with Crippen molar-refractivity contribution in [3.8, 4) is 6.07 Å². The maximum Gasteiger partial charge on any atom is 0.471 e. The van der Waals surface area contributed by atoms with Crippen LogP contribution in [0.25, 0.3) is 0 Å². The van der Waals surface area contributed by atoms with Gasteiger partial charge in [0.05, 0.1) is 11.5 Å². The number of nitriles is 1. The molecule has 1 aromatic carbocycles. The van der Waals surface area contributed by atoms with E-state index in [9.17, 15) is 37.6 Å².